The Balaban J connectivity index is 2.25. The molecule has 0 aliphatic heterocycles. The van der Waals surface area contributed by atoms with Crippen LogP contribution in [0.15, 0.2) is 23.1 Å². The molecule has 1 N–H and O–H groups in total. The number of carbonyl (C=O) groups excluding carboxylic acids is 1. The van der Waals surface area contributed by atoms with Crippen LogP contribution >= 0.6 is 0 Å². The van der Waals surface area contributed by atoms with Gasteiger partial charge >= 0.3 is 0 Å². The second kappa shape index (κ2) is 6.66. The van der Waals surface area contributed by atoms with E-state index in [2.05, 4.69) is 12.2 Å². The molecule has 8 heteroatoms. The lowest BCUT2D eigenvalue weighted by Gasteiger charge is -2.26. The summed E-state index contributed by atoms with van der Waals surface area (Å²) in [5, 5.41) is 13.8. The summed E-state index contributed by atoms with van der Waals surface area (Å²) in [4.78, 5) is 22.4. The van der Waals surface area contributed by atoms with Gasteiger partial charge in [-0.15, -0.1) is 0 Å². The van der Waals surface area contributed by atoms with Crippen molar-refractivity contribution in [3.63, 3.8) is 0 Å². The fraction of sp³-hybridized carbons (Fsp3) is 0.533. The van der Waals surface area contributed by atoms with Crippen LogP contribution < -0.4 is 5.32 Å². The molecule has 1 aromatic carbocycles. The molecule has 2 rings (SSSR count). The number of amides is 1. The summed E-state index contributed by atoms with van der Waals surface area (Å²) in [6, 6.07) is 3.28. The van der Waals surface area contributed by atoms with Crippen molar-refractivity contribution < 1.29 is 18.1 Å². The minimum Gasteiger partial charge on any atom is -0.349 e. The zero-order valence-corrected chi connectivity index (χ0v) is 13.9. The summed E-state index contributed by atoms with van der Waals surface area (Å²) in [5.74, 6) is 0.163. The van der Waals surface area contributed by atoms with Crippen LogP contribution in [0.3, 0.4) is 0 Å². The Morgan fingerprint density at radius 3 is 2.35 bits per heavy atom. The fourth-order valence-corrected chi connectivity index (χ4v) is 3.38. The maximum absolute atomic E-state index is 12.3. The van der Waals surface area contributed by atoms with Gasteiger partial charge in [0.15, 0.2) is 9.84 Å². The van der Waals surface area contributed by atoms with E-state index in [1.165, 1.54) is 6.07 Å². The molecule has 0 radical (unpaired) electrons. The number of nitrogens with zero attached hydrogens (tertiary/aromatic N) is 1. The first-order chi connectivity index (χ1) is 10.7. The molecule has 23 heavy (non-hydrogen) atoms. The van der Waals surface area contributed by atoms with Crippen molar-refractivity contribution in [2.75, 3.05) is 6.26 Å². The van der Waals surface area contributed by atoms with Gasteiger partial charge in [-0.05, 0) is 37.7 Å². The number of hydrogen-bond acceptors (Lipinski definition) is 5. The zero-order chi connectivity index (χ0) is 17.2. The Morgan fingerprint density at radius 2 is 1.83 bits per heavy atom. The molecule has 7 nitrogen and oxygen atoms in total. The van der Waals surface area contributed by atoms with Gasteiger partial charge in [-0.2, -0.15) is 0 Å². The number of nitrogens with one attached hydrogen (secondary N) is 1. The first-order valence-corrected chi connectivity index (χ1v) is 9.36. The smallest absolute Gasteiger partial charge is 0.271 e. The van der Waals surface area contributed by atoms with E-state index < -0.39 is 26.4 Å². The third-order valence-electron chi connectivity index (χ3n) is 4.14. The molecule has 1 aliphatic rings. The molecule has 0 heterocycles. The van der Waals surface area contributed by atoms with E-state index in [0.29, 0.717) is 5.92 Å². The van der Waals surface area contributed by atoms with Crippen molar-refractivity contribution in [2.24, 2.45) is 5.92 Å². The van der Waals surface area contributed by atoms with Crippen LogP contribution in [0, 0.1) is 16.0 Å². The molecule has 126 valence electrons. The maximum Gasteiger partial charge on any atom is 0.271 e. The van der Waals surface area contributed by atoms with E-state index in [1.54, 1.807) is 0 Å². The van der Waals surface area contributed by atoms with Gasteiger partial charge in [0.25, 0.3) is 11.6 Å². The number of carbonyl (C=O) groups is 1. The van der Waals surface area contributed by atoms with Crippen LogP contribution in [0.4, 0.5) is 5.69 Å². The number of non-ortho nitro benzene ring substituents is 1. The SMILES string of the molecule is CC1CCC(NC(=O)c2cc([N+](=O)[O-])cc(S(C)(=O)=O)c2)CC1. The van der Waals surface area contributed by atoms with Gasteiger partial charge in [0, 0.05) is 30.0 Å². The van der Waals surface area contributed by atoms with Gasteiger partial charge in [0.05, 0.1) is 9.82 Å². The fourth-order valence-electron chi connectivity index (χ4n) is 2.71. The molecular weight excluding hydrogens is 320 g/mol. The first kappa shape index (κ1) is 17.4. The Bertz CT molecular complexity index is 721. The number of rotatable bonds is 4. The summed E-state index contributed by atoms with van der Waals surface area (Å²) in [6.45, 7) is 2.16. The number of nitro groups is 1. The zero-order valence-electron chi connectivity index (χ0n) is 13.1. The highest BCUT2D eigenvalue weighted by atomic mass is 32.2. The molecule has 0 saturated heterocycles. The summed E-state index contributed by atoms with van der Waals surface area (Å²) < 4.78 is 23.3. The number of sulfone groups is 1. The molecule has 1 amide bonds. The molecule has 0 spiro atoms. The lowest BCUT2D eigenvalue weighted by Crippen LogP contribution is -2.37. The third kappa shape index (κ3) is 4.51. The standard InChI is InChI=1S/C15H20N2O5S/c1-10-3-5-12(6-4-10)16-15(18)11-7-13(17(19)20)9-14(8-11)23(2,21)22/h7-10,12H,3-6H2,1-2H3,(H,16,18). The lowest BCUT2D eigenvalue weighted by atomic mass is 9.87. The third-order valence-corrected chi connectivity index (χ3v) is 5.24. The number of benzene rings is 1. The van der Waals surface area contributed by atoms with Gasteiger partial charge in [-0.25, -0.2) is 8.42 Å². The quantitative estimate of drug-likeness (QED) is 0.668. The van der Waals surface area contributed by atoms with Gasteiger partial charge < -0.3 is 5.32 Å². The average Bonchev–Trinajstić information content (AvgIpc) is 2.48. The molecule has 1 aliphatic carbocycles. The summed E-state index contributed by atoms with van der Waals surface area (Å²) in [6.07, 6.45) is 4.72. The Hall–Kier alpha value is -1.96. The molecule has 1 fully saturated rings. The van der Waals surface area contributed by atoms with Crippen LogP contribution in [0.5, 0.6) is 0 Å². The predicted octanol–water partition coefficient (Wildman–Crippen LogP) is 2.31. The highest BCUT2D eigenvalue weighted by Gasteiger charge is 2.23. The molecule has 0 unspecified atom stereocenters. The first-order valence-electron chi connectivity index (χ1n) is 7.47. The minimum absolute atomic E-state index is 0.00162. The monoisotopic (exact) mass is 340 g/mol. The van der Waals surface area contributed by atoms with Crippen molar-refractivity contribution in [3.05, 3.63) is 33.9 Å². The van der Waals surface area contributed by atoms with Crippen LogP contribution in [0.25, 0.3) is 0 Å². The molecule has 0 bridgehead atoms. The van der Waals surface area contributed by atoms with Crippen LogP contribution in [-0.4, -0.2) is 31.5 Å². The Kier molecular flexibility index (Phi) is 5.03. The topological polar surface area (TPSA) is 106 Å². The van der Waals surface area contributed by atoms with Crippen molar-refractivity contribution >= 4 is 21.4 Å². The van der Waals surface area contributed by atoms with Crippen molar-refractivity contribution in [1.29, 1.82) is 0 Å². The second-order valence-corrected chi connectivity index (χ2v) is 8.19. The van der Waals surface area contributed by atoms with Gasteiger partial charge in [-0.1, -0.05) is 6.92 Å². The van der Waals surface area contributed by atoms with Gasteiger partial charge in [0.1, 0.15) is 0 Å². The van der Waals surface area contributed by atoms with E-state index in [9.17, 15) is 23.3 Å². The molecular formula is C15H20N2O5S. The summed E-state index contributed by atoms with van der Waals surface area (Å²) >= 11 is 0. The molecule has 0 atom stereocenters. The number of nitro benzene ring substituents is 1. The Morgan fingerprint density at radius 1 is 1.22 bits per heavy atom. The van der Waals surface area contributed by atoms with E-state index >= 15 is 0 Å². The predicted molar refractivity (Wildman–Crippen MR) is 85.1 cm³/mol. The Labute approximate surface area is 135 Å². The van der Waals surface area contributed by atoms with Gasteiger partial charge in [-0.3, -0.25) is 14.9 Å². The van der Waals surface area contributed by atoms with Crippen LogP contribution in [0.1, 0.15) is 43.0 Å². The highest BCUT2D eigenvalue weighted by molar-refractivity contribution is 7.90. The largest absolute Gasteiger partial charge is 0.349 e. The summed E-state index contributed by atoms with van der Waals surface area (Å²) in [5.41, 5.74) is -0.409. The van der Waals surface area contributed by atoms with E-state index in [-0.39, 0.29) is 16.5 Å². The second-order valence-electron chi connectivity index (χ2n) is 6.18. The van der Waals surface area contributed by atoms with Crippen LogP contribution in [-0.2, 0) is 9.84 Å². The van der Waals surface area contributed by atoms with Crippen molar-refractivity contribution in [3.8, 4) is 0 Å². The highest BCUT2D eigenvalue weighted by Crippen LogP contribution is 2.25. The van der Waals surface area contributed by atoms with E-state index in [0.717, 1.165) is 44.1 Å². The van der Waals surface area contributed by atoms with Gasteiger partial charge in [0.2, 0.25) is 0 Å². The lowest BCUT2D eigenvalue weighted by molar-refractivity contribution is -0.385. The minimum atomic E-state index is -3.64. The number of hydrogen-bond donors (Lipinski definition) is 1. The molecule has 0 aromatic heterocycles. The van der Waals surface area contributed by atoms with Crippen LogP contribution in [0.2, 0.25) is 0 Å². The summed E-state index contributed by atoms with van der Waals surface area (Å²) in [7, 11) is -3.64. The normalized spacial score (nSPS) is 21.7. The maximum atomic E-state index is 12.3. The van der Waals surface area contributed by atoms with E-state index in [1.807, 2.05) is 0 Å². The molecule has 1 saturated carbocycles. The van der Waals surface area contributed by atoms with E-state index in [4.69, 9.17) is 0 Å². The molecule has 1 aromatic rings. The average molecular weight is 340 g/mol. The van der Waals surface area contributed by atoms with Crippen molar-refractivity contribution in [1.82, 2.24) is 5.32 Å². The van der Waals surface area contributed by atoms with Crippen molar-refractivity contribution in [2.45, 2.75) is 43.5 Å².